The average Bonchev–Trinajstić information content (AvgIpc) is 3.51. The van der Waals surface area contributed by atoms with Crippen LogP contribution in [-0.2, 0) is 0 Å². The Morgan fingerprint density at radius 2 is 1.84 bits per heavy atom. The van der Waals surface area contributed by atoms with Crippen molar-refractivity contribution >= 4 is 27.8 Å². The predicted molar refractivity (Wildman–Crippen MR) is 147 cm³/mol. The molecule has 3 N–H and O–H groups in total. The Balaban J connectivity index is 1.40. The molecule has 0 amide bonds. The second-order valence-corrected chi connectivity index (χ2v) is 9.54. The van der Waals surface area contributed by atoms with E-state index in [1.165, 1.54) is 12.1 Å². The number of benzene rings is 1. The lowest BCUT2D eigenvalue weighted by molar-refractivity contribution is 0.425. The van der Waals surface area contributed by atoms with Crippen molar-refractivity contribution in [1.82, 2.24) is 40.0 Å². The number of rotatable bonds is 7. The molecular formula is C28H26FN9. The maximum absolute atomic E-state index is 14.6. The quantitative estimate of drug-likeness (QED) is 0.277. The molecular weight excluding hydrogens is 481 g/mol. The van der Waals surface area contributed by atoms with E-state index in [0.717, 1.165) is 34.1 Å². The summed E-state index contributed by atoms with van der Waals surface area (Å²) in [5.41, 5.74) is 7.63. The summed E-state index contributed by atoms with van der Waals surface area (Å²) >= 11 is 0. The van der Waals surface area contributed by atoms with Crippen molar-refractivity contribution < 1.29 is 4.39 Å². The minimum atomic E-state index is -0.340. The van der Waals surface area contributed by atoms with Gasteiger partial charge in [-0.25, -0.2) is 14.4 Å². The zero-order valence-electron chi connectivity index (χ0n) is 21.2. The molecule has 0 spiro atoms. The number of aryl methyl sites for hydroxylation is 1. The first kappa shape index (κ1) is 23.7. The van der Waals surface area contributed by atoms with Gasteiger partial charge in [-0.15, -0.1) is 0 Å². The topological polar surface area (TPSA) is 111 Å². The number of nitrogens with one attached hydrogen (secondary N) is 3. The number of halogens is 1. The smallest absolute Gasteiger partial charge is 0.181 e. The monoisotopic (exact) mass is 507 g/mol. The first-order valence-corrected chi connectivity index (χ1v) is 12.3. The normalized spacial score (nSPS) is 11.6. The molecule has 0 aliphatic rings. The van der Waals surface area contributed by atoms with Gasteiger partial charge in [-0.1, -0.05) is 0 Å². The Bertz CT molecular complexity index is 1770. The Morgan fingerprint density at radius 1 is 0.974 bits per heavy atom. The second-order valence-electron chi connectivity index (χ2n) is 9.54. The first-order valence-electron chi connectivity index (χ1n) is 12.3. The molecule has 0 aliphatic carbocycles. The molecule has 0 fully saturated rings. The van der Waals surface area contributed by atoms with E-state index in [4.69, 9.17) is 4.98 Å². The Morgan fingerprint density at radius 3 is 2.68 bits per heavy atom. The molecule has 5 heterocycles. The highest BCUT2D eigenvalue weighted by Gasteiger charge is 2.17. The van der Waals surface area contributed by atoms with Crippen molar-refractivity contribution in [3.63, 3.8) is 0 Å². The molecule has 0 aliphatic heterocycles. The SMILES string of the molecule is Cc1cncc(-c2cnc3n[nH]c(-c4nc5c(-c6cc(F)cc(NCCN(C)C)c6)nccc5[nH]4)c3c2)c1. The number of hydrogen-bond donors (Lipinski definition) is 3. The van der Waals surface area contributed by atoms with E-state index < -0.39 is 0 Å². The molecule has 0 saturated carbocycles. The zero-order valence-corrected chi connectivity index (χ0v) is 21.2. The van der Waals surface area contributed by atoms with Gasteiger partial charge in [-0.05, 0) is 63.0 Å². The fraction of sp³-hybridized carbons (Fsp3) is 0.179. The molecule has 0 bridgehead atoms. The highest BCUT2D eigenvalue weighted by Crippen LogP contribution is 2.32. The van der Waals surface area contributed by atoms with E-state index in [1.807, 2.05) is 51.6 Å². The maximum Gasteiger partial charge on any atom is 0.181 e. The first-order chi connectivity index (χ1) is 18.4. The third kappa shape index (κ3) is 4.57. The number of likely N-dealkylation sites (N-methyl/N-ethyl adjacent to an activating group) is 1. The lowest BCUT2D eigenvalue weighted by atomic mass is 10.1. The van der Waals surface area contributed by atoms with E-state index in [0.29, 0.717) is 46.2 Å². The highest BCUT2D eigenvalue weighted by atomic mass is 19.1. The van der Waals surface area contributed by atoms with Gasteiger partial charge in [0, 0.05) is 60.3 Å². The summed E-state index contributed by atoms with van der Waals surface area (Å²) in [4.78, 5) is 23.7. The highest BCUT2D eigenvalue weighted by molar-refractivity contribution is 5.96. The molecule has 190 valence electrons. The van der Waals surface area contributed by atoms with E-state index in [2.05, 4.69) is 46.4 Å². The molecule has 1 aromatic carbocycles. The van der Waals surface area contributed by atoms with Crippen LogP contribution in [0.25, 0.3) is 56.0 Å². The molecule has 0 radical (unpaired) electrons. The molecule has 9 nitrogen and oxygen atoms in total. The predicted octanol–water partition coefficient (Wildman–Crippen LogP) is 5.05. The van der Waals surface area contributed by atoms with Crippen molar-refractivity contribution in [2.24, 2.45) is 0 Å². The average molecular weight is 508 g/mol. The van der Waals surface area contributed by atoms with Crippen LogP contribution in [0.1, 0.15) is 5.56 Å². The van der Waals surface area contributed by atoms with E-state index in [1.54, 1.807) is 12.4 Å². The fourth-order valence-corrected chi connectivity index (χ4v) is 4.47. The van der Waals surface area contributed by atoms with Crippen LogP contribution in [0.15, 0.2) is 61.2 Å². The second kappa shape index (κ2) is 9.64. The summed E-state index contributed by atoms with van der Waals surface area (Å²) in [6, 6.07) is 10.8. The minimum absolute atomic E-state index is 0.340. The van der Waals surface area contributed by atoms with Crippen molar-refractivity contribution in [2.75, 3.05) is 32.5 Å². The van der Waals surface area contributed by atoms with E-state index in [-0.39, 0.29) is 5.82 Å². The molecule has 0 atom stereocenters. The standard InChI is InChI=1S/C28H26FN9/c1-16-8-18(14-30-13-16)19-11-22-25(36-37-27(22)33-15-19)28-34-23-4-5-32-24(26(23)35-28)17-9-20(29)12-21(10-17)31-6-7-38(2)3/h4-5,8-15,31H,6-7H2,1-3H3,(H,34,35)(H,33,36,37). The summed E-state index contributed by atoms with van der Waals surface area (Å²) in [7, 11) is 4.00. The van der Waals surface area contributed by atoms with E-state index in [9.17, 15) is 4.39 Å². The third-order valence-electron chi connectivity index (χ3n) is 6.32. The van der Waals surface area contributed by atoms with Gasteiger partial charge in [-0.3, -0.25) is 15.1 Å². The number of aromatic nitrogens is 7. The summed E-state index contributed by atoms with van der Waals surface area (Å²) < 4.78 is 14.6. The van der Waals surface area contributed by atoms with Crippen LogP contribution >= 0.6 is 0 Å². The van der Waals surface area contributed by atoms with Gasteiger partial charge >= 0.3 is 0 Å². The van der Waals surface area contributed by atoms with Crippen LogP contribution in [0.2, 0.25) is 0 Å². The van der Waals surface area contributed by atoms with Crippen molar-refractivity contribution in [1.29, 1.82) is 0 Å². The lowest BCUT2D eigenvalue weighted by Gasteiger charge is -2.12. The van der Waals surface area contributed by atoms with Gasteiger partial charge in [0.05, 0.1) is 16.6 Å². The maximum atomic E-state index is 14.6. The Labute approximate surface area is 218 Å². The minimum Gasteiger partial charge on any atom is -0.384 e. The Hall–Kier alpha value is -4.70. The number of hydrogen-bond acceptors (Lipinski definition) is 7. The van der Waals surface area contributed by atoms with Gasteiger partial charge in [0.25, 0.3) is 0 Å². The lowest BCUT2D eigenvalue weighted by Crippen LogP contribution is -2.20. The van der Waals surface area contributed by atoms with Crippen molar-refractivity contribution in [2.45, 2.75) is 6.92 Å². The number of pyridine rings is 3. The fourth-order valence-electron chi connectivity index (χ4n) is 4.47. The number of H-pyrrole nitrogens is 2. The van der Waals surface area contributed by atoms with Gasteiger partial charge in [0.15, 0.2) is 11.5 Å². The van der Waals surface area contributed by atoms with Crippen LogP contribution in [0, 0.1) is 12.7 Å². The molecule has 6 rings (SSSR count). The molecule has 0 saturated heterocycles. The van der Waals surface area contributed by atoms with Gasteiger partial charge in [-0.2, -0.15) is 5.10 Å². The molecule has 10 heteroatoms. The molecule has 38 heavy (non-hydrogen) atoms. The zero-order chi connectivity index (χ0) is 26.2. The van der Waals surface area contributed by atoms with Crippen LogP contribution in [0.4, 0.5) is 10.1 Å². The number of fused-ring (bicyclic) bond motifs is 2. The summed E-state index contributed by atoms with van der Waals surface area (Å²) in [5.74, 6) is 0.257. The molecule has 6 aromatic rings. The van der Waals surface area contributed by atoms with Crippen molar-refractivity contribution in [3.8, 4) is 33.9 Å². The van der Waals surface area contributed by atoms with E-state index >= 15 is 0 Å². The van der Waals surface area contributed by atoms with Crippen molar-refractivity contribution in [3.05, 3.63) is 72.6 Å². The summed E-state index contributed by atoms with van der Waals surface area (Å²) in [5, 5.41) is 11.6. The van der Waals surface area contributed by atoms with Crippen LogP contribution < -0.4 is 5.32 Å². The van der Waals surface area contributed by atoms with Gasteiger partial charge < -0.3 is 15.2 Å². The number of aromatic amines is 2. The molecule has 0 unspecified atom stereocenters. The largest absolute Gasteiger partial charge is 0.384 e. The number of nitrogens with zero attached hydrogens (tertiary/aromatic N) is 6. The Kier molecular flexibility index (Phi) is 6.01. The van der Waals surface area contributed by atoms with Crippen LogP contribution in [0.3, 0.4) is 0 Å². The summed E-state index contributed by atoms with van der Waals surface area (Å²) in [6.07, 6.45) is 7.12. The van der Waals surface area contributed by atoms with Crippen LogP contribution in [0.5, 0.6) is 0 Å². The van der Waals surface area contributed by atoms with Crippen LogP contribution in [-0.4, -0.2) is 67.2 Å². The number of anilines is 1. The number of imidazole rings is 1. The van der Waals surface area contributed by atoms with Gasteiger partial charge in [0.2, 0.25) is 0 Å². The molecule has 5 aromatic heterocycles. The third-order valence-corrected chi connectivity index (χ3v) is 6.32. The van der Waals surface area contributed by atoms with Gasteiger partial charge in [0.1, 0.15) is 17.0 Å². The summed E-state index contributed by atoms with van der Waals surface area (Å²) in [6.45, 7) is 3.53.